The first-order chi connectivity index (χ1) is 10.1. The Morgan fingerprint density at radius 2 is 1.90 bits per heavy atom. The Morgan fingerprint density at radius 1 is 1.24 bits per heavy atom. The van der Waals surface area contributed by atoms with Crippen LogP contribution in [0.2, 0.25) is 0 Å². The van der Waals surface area contributed by atoms with Crippen molar-refractivity contribution in [2.75, 3.05) is 20.1 Å². The van der Waals surface area contributed by atoms with Crippen molar-refractivity contribution < 1.29 is 14.7 Å². The topological polar surface area (TPSA) is 60.9 Å². The van der Waals surface area contributed by atoms with Crippen LogP contribution < -0.4 is 0 Å². The first-order valence-corrected chi connectivity index (χ1v) is 7.30. The van der Waals surface area contributed by atoms with Gasteiger partial charge in [0.15, 0.2) is 0 Å². The fraction of sp³-hybridized carbons (Fsp3) is 0.500. The standard InChI is InChI=1S/C16H22N2O3/c1-17(10-9-16(20)21)12-15(19)18(14-7-8-14)11-13-5-3-2-4-6-13/h2-6,14H,7-12H2,1H3,(H,20,21). The normalized spacial score (nSPS) is 14.2. The average molecular weight is 290 g/mol. The number of carboxylic acids is 1. The van der Waals surface area contributed by atoms with Crippen LogP contribution in [0.4, 0.5) is 0 Å². The lowest BCUT2D eigenvalue weighted by atomic mass is 10.2. The number of hydrogen-bond acceptors (Lipinski definition) is 3. The van der Waals surface area contributed by atoms with E-state index in [0.29, 0.717) is 19.1 Å². The SMILES string of the molecule is CN(CCC(=O)O)CC(=O)N(Cc1ccccc1)C1CC1. The second-order valence-electron chi connectivity index (χ2n) is 5.62. The number of benzene rings is 1. The number of aliphatic carboxylic acids is 1. The monoisotopic (exact) mass is 290 g/mol. The van der Waals surface area contributed by atoms with Crippen LogP contribution in [0, 0.1) is 0 Å². The summed E-state index contributed by atoms with van der Waals surface area (Å²) in [5.41, 5.74) is 1.13. The summed E-state index contributed by atoms with van der Waals surface area (Å²) in [6.45, 7) is 1.30. The Hall–Kier alpha value is -1.88. The van der Waals surface area contributed by atoms with Crippen LogP contribution in [0.25, 0.3) is 0 Å². The molecule has 21 heavy (non-hydrogen) atoms. The van der Waals surface area contributed by atoms with E-state index < -0.39 is 5.97 Å². The molecule has 0 unspecified atom stereocenters. The van der Waals surface area contributed by atoms with E-state index in [1.54, 1.807) is 11.9 Å². The number of carboxylic acid groups (broad SMARTS) is 1. The summed E-state index contributed by atoms with van der Waals surface area (Å²) < 4.78 is 0. The number of amides is 1. The Labute approximate surface area is 125 Å². The summed E-state index contributed by atoms with van der Waals surface area (Å²) in [6, 6.07) is 10.3. The second-order valence-corrected chi connectivity index (χ2v) is 5.62. The molecular weight excluding hydrogens is 268 g/mol. The van der Waals surface area contributed by atoms with Crippen molar-refractivity contribution in [2.45, 2.75) is 31.8 Å². The Balaban J connectivity index is 1.89. The first-order valence-electron chi connectivity index (χ1n) is 7.30. The van der Waals surface area contributed by atoms with Gasteiger partial charge in [-0.1, -0.05) is 30.3 Å². The van der Waals surface area contributed by atoms with Crippen molar-refractivity contribution in [1.29, 1.82) is 0 Å². The fourth-order valence-electron chi connectivity index (χ4n) is 2.27. The van der Waals surface area contributed by atoms with Crippen LogP contribution in [0.3, 0.4) is 0 Å². The van der Waals surface area contributed by atoms with E-state index >= 15 is 0 Å². The molecule has 1 aliphatic rings. The lowest BCUT2D eigenvalue weighted by Crippen LogP contribution is -2.40. The highest BCUT2D eigenvalue weighted by Gasteiger charge is 2.32. The van der Waals surface area contributed by atoms with E-state index in [-0.39, 0.29) is 18.9 Å². The molecule has 0 heterocycles. The molecule has 1 aromatic carbocycles. The molecule has 1 N–H and O–H groups in total. The number of nitrogens with zero attached hydrogens (tertiary/aromatic N) is 2. The molecule has 0 bridgehead atoms. The summed E-state index contributed by atoms with van der Waals surface area (Å²) in [5.74, 6) is -0.758. The zero-order chi connectivity index (χ0) is 15.2. The average Bonchev–Trinajstić information content (AvgIpc) is 3.28. The summed E-state index contributed by atoms with van der Waals surface area (Å²) in [4.78, 5) is 26.7. The molecule has 0 aromatic heterocycles. The van der Waals surface area contributed by atoms with Crippen molar-refractivity contribution in [3.05, 3.63) is 35.9 Å². The third-order valence-electron chi connectivity index (χ3n) is 3.62. The molecule has 5 nitrogen and oxygen atoms in total. The summed E-state index contributed by atoms with van der Waals surface area (Å²) >= 11 is 0. The van der Waals surface area contributed by atoms with Crippen molar-refractivity contribution in [3.8, 4) is 0 Å². The molecule has 1 aromatic rings. The Kier molecular flexibility index (Phi) is 5.33. The molecule has 5 heteroatoms. The summed E-state index contributed by atoms with van der Waals surface area (Å²) in [5, 5.41) is 8.68. The molecule has 0 atom stereocenters. The predicted octanol–water partition coefficient (Wildman–Crippen LogP) is 1.58. The Bertz CT molecular complexity index is 486. The van der Waals surface area contributed by atoms with E-state index in [0.717, 1.165) is 18.4 Å². The summed E-state index contributed by atoms with van der Waals surface area (Å²) in [6.07, 6.45) is 2.20. The minimum atomic E-state index is -0.836. The molecular formula is C16H22N2O3. The maximum Gasteiger partial charge on any atom is 0.304 e. The van der Waals surface area contributed by atoms with E-state index in [1.165, 1.54) is 0 Å². The minimum Gasteiger partial charge on any atom is -0.481 e. The molecule has 2 rings (SSSR count). The molecule has 1 amide bonds. The van der Waals surface area contributed by atoms with Gasteiger partial charge in [0.1, 0.15) is 0 Å². The molecule has 0 aliphatic heterocycles. The molecule has 0 spiro atoms. The predicted molar refractivity (Wildman–Crippen MR) is 79.8 cm³/mol. The molecule has 114 valence electrons. The van der Waals surface area contributed by atoms with E-state index in [4.69, 9.17) is 5.11 Å². The van der Waals surface area contributed by atoms with Gasteiger partial charge in [0.25, 0.3) is 0 Å². The third-order valence-corrected chi connectivity index (χ3v) is 3.62. The van der Waals surface area contributed by atoms with Gasteiger partial charge in [-0.2, -0.15) is 0 Å². The van der Waals surface area contributed by atoms with Gasteiger partial charge in [-0.05, 0) is 25.5 Å². The quantitative estimate of drug-likeness (QED) is 0.789. The highest BCUT2D eigenvalue weighted by molar-refractivity contribution is 5.79. The van der Waals surface area contributed by atoms with Gasteiger partial charge >= 0.3 is 5.97 Å². The van der Waals surface area contributed by atoms with Crippen molar-refractivity contribution in [1.82, 2.24) is 9.80 Å². The van der Waals surface area contributed by atoms with Crippen molar-refractivity contribution in [2.24, 2.45) is 0 Å². The van der Waals surface area contributed by atoms with E-state index in [9.17, 15) is 9.59 Å². The highest BCUT2D eigenvalue weighted by atomic mass is 16.4. The van der Waals surface area contributed by atoms with Gasteiger partial charge in [-0.25, -0.2) is 0 Å². The number of carbonyl (C=O) groups excluding carboxylic acids is 1. The fourth-order valence-corrected chi connectivity index (χ4v) is 2.27. The molecule has 1 fully saturated rings. The van der Waals surface area contributed by atoms with Crippen molar-refractivity contribution >= 4 is 11.9 Å². The lowest BCUT2D eigenvalue weighted by Gasteiger charge is -2.25. The van der Waals surface area contributed by atoms with Gasteiger partial charge in [0, 0.05) is 19.1 Å². The second kappa shape index (κ2) is 7.22. The molecule has 0 saturated heterocycles. The van der Waals surface area contributed by atoms with Gasteiger partial charge in [-0.15, -0.1) is 0 Å². The Morgan fingerprint density at radius 3 is 2.48 bits per heavy atom. The largest absolute Gasteiger partial charge is 0.481 e. The first kappa shape index (κ1) is 15.5. The lowest BCUT2D eigenvalue weighted by molar-refractivity contribution is -0.138. The third kappa shape index (κ3) is 5.19. The molecule has 1 aliphatic carbocycles. The van der Waals surface area contributed by atoms with Gasteiger partial charge in [-0.3, -0.25) is 14.5 Å². The van der Waals surface area contributed by atoms with Crippen LogP contribution in [-0.4, -0.2) is 53.0 Å². The van der Waals surface area contributed by atoms with Crippen molar-refractivity contribution in [3.63, 3.8) is 0 Å². The number of likely N-dealkylation sites (N-methyl/N-ethyl adjacent to an activating group) is 1. The maximum atomic E-state index is 12.4. The summed E-state index contributed by atoms with van der Waals surface area (Å²) in [7, 11) is 1.79. The van der Waals surface area contributed by atoms with Crippen LogP contribution in [0.1, 0.15) is 24.8 Å². The van der Waals surface area contributed by atoms with E-state index in [1.807, 2.05) is 35.2 Å². The van der Waals surface area contributed by atoms with Crippen LogP contribution in [0.15, 0.2) is 30.3 Å². The minimum absolute atomic E-state index is 0.0614. The van der Waals surface area contributed by atoms with E-state index in [2.05, 4.69) is 0 Å². The molecule has 1 saturated carbocycles. The van der Waals surface area contributed by atoms with Crippen LogP contribution in [-0.2, 0) is 16.1 Å². The zero-order valence-electron chi connectivity index (χ0n) is 12.4. The maximum absolute atomic E-state index is 12.4. The van der Waals surface area contributed by atoms with Crippen LogP contribution in [0.5, 0.6) is 0 Å². The van der Waals surface area contributed by atoms with Gasteiger partial charge < -0.3 is 10.0 Å². The zero-order valence-corrected chi connectivity index (χ0v) is 12.4. The highest BCUT2D eigenvalue weighted by Crippen LogP contribution is 2.28. The van der Waals surface area contributed by atoms with Gasteiger partial charge in [0.05, 0.1) is 13.0 Å². The van der Waals surface area contributed by atoms with Gasteiger partial charge in [0.2, 0.25) is 5.91 Å². The molecule has 0 radical (unpaired) electrons. The number of hydrogen-bond donors (Lipinski definition) is 1. The number of rotatable bonds is 8. The number of carbonyl (C=O) groups is 2. The van der Waals surface area contributed by atoms with Crippen LogP contribution >= 0.6 is 0 Å². The smallest absolute Gasteiger partial charge is 0.304 e.